The van der Waals surface area contributed by atoms with Crippen molar-refractivity contribution in [1.29, 1.82) is 0 Å². The maximum atomic E-state index is 5.80. The lowest BCUT2D eigenvalue weighted by Gasteiger charge is -2.30. The Balaban J connectivity index is 2.52. The largest absolute Gasteiger partial charge is 0.494 e. The molecule has 0 aliphatic rings. The van der Waals surface area contributed by atoms with E-state index in [1.54, 1.807) is 0 Å². The molecule has 1 aromatic rings. The highest BCUT2D eigenvalue weighted by Crippen LogP contribution is 2.22. The molecule has 0 heterocycles. The molecule has 1 N–H and O–H groups in total. The molecule has 3 heteroatoms. The van der Waals surface area contributed by atoms with E-state index in [9.17, 15) is 0 Å². The molecule has 0 radical (unpaired) electrons. The smallest absolute Gasteiger partial charge is 0.119 e. The molecule has 0 aromatic heterocycles. The van der Waals surface area contributed by atoms with E-state index < -0.39 is 0 Å². The minimum Gasteiger partial charge on any atom is -0.494 e. The van der Waals surface area contributed by atoms with Gasteiger partial charge in [0, 0.05) is 6.04 Å². The molecule has 0 aliphatic heterocycles. The number of nitrogens with one attached hydrogen (secondary N) is 1. The van der Waals surface area contributed by atoms with Crippen LogP contribution < -0.4 is 14.8 Å². The summed E-state index contributed by atoms with van der Waals surface area (Å²) in [7, 11) is 1.97. The fraction of sp³-hybridized carbons (Fsp3) is 0.600. The first-order chi connectivity index (χ1) is 8.47. The van der Waals surface area contributed by atoms with E-state index in [0.29, 0.717) is 19.3 Å². The topological polar surface area (TPSA) is 30.5 Å². The maximum Gasteiger partial charge on any atom is 0.119 e. The summed E-state index contributed by atoms with van der Waals surface area (Å²) in [4.78, 5) is 0. The maximum absolute atomic E-state index is 5.80. The molecule has 0 bridgehead atoms. The second-order valence-electron chi connectivity index (χ2n) is 5.42. The van der Waals surface area contributed by atoms with Crippen LogP contribution in [-0.4, -0.2) is 26.3 Å². The van der Waals surface area contributed by atoms with Gasteiger partial charge in [-0.1, -0.05) is 20.8 Å². The second kappa shape index (κ2) is 6.64. The van der Waals surface area contributed by atoms with Gasteiger partial charge in [0.25, 0.3) is 0 Å². The number of benzene rings is 1. The summed E-state index contributed by atoms with van der Waals surface area (Å²) in [6.45, 7) is 9.94. The van der Waals surface area contributed by atoms with Crippen LogP contribution >= 0.6 is 0 Å². The van der Waals surface area contributed by atoms with E-state index in [-0.39, 0.29) is 5.41 Å². The first-order valence-electron chi connectivity index (χ1n) is 6.50. The van der Waals surface area contributed by atoms with Gasteiger partial charge >= 0.3 is 0 Å². The second-order valence-corrected chi connectivity index (χ2v) is 5.42. The van der Waals surface area contributed by atoms with Crippen LogP contribution in [-0.2, 0) is 0 Å². The third-order valence-electron chi connectivity index (χ3n) is 2.95. The van der Waals surface area contributed by atoms with Crippen LogP contribution in [0.15, 0.2) is 24.3 Å². The van der Waals surface area contributed by atoms with Crippen LogP contribution in [0.1, 0.15) is 27.7 Å². The molecule has 1 unspecified atom stereocenters. The highest BCUT2D eigenvalue weighted by Gasteiger charge is 2.23. The summed E-state index contributed by atoms with van der Waals surface area (Å²) in [5, 5.41) is 3.29. The third kappa shape index (κ3) is 4.57. The standard InChI is InChI=1S/C15H25NO2/c1-6-17-12-7-9-13(10-8-12)18-11-14(16-5)15(2,3)4/h7-10,14,16H,6,11H2,1-5H3. The first-order valence-corrected chi connectivity index (χ1v) is 6.50. The average Bonchev–Trinajstić information content (AvgIpc) is 2.30. The minimum atomic E-state index is 0.181. The Morgan fingerprint density at radius 2 is 1.56 bits per heavy atom. The van der Waals surface area contributed by atoms with Crippen molar-refractivity contribution < 1.29 is 9.47 Å². The van der Waals surface area contributed by atoms with Gasteiger partial charge in [0.2, 0.25) is 0 Å². The first kappa shape index (κ1) is 14.8. The fourth-order valence-corrected chi connectivity index (χ4v) is 1.74. The van der Waals surface area contributed by atoms with Crippen molar-refractivity contribution in [1.82, 2.24) is 5.32 Å². The summed E-state index contributed by atoms with van der Waals surface area (Å²) >= 11 is 0. The summed E-state index contributed by atoms with van der Waals surface area (Å²) in [6.07, 6.45) is 0. The fourth-order valence-electron chi connectivity index (χ4n) is 1.74. The Morgan fingerprint density at radius 1 is 1.06 bits per heavy atom. The van der Waals surface area contributed by atoms with Crippen LogP contribution in [0.2, 0.25) is 0 Å². The van der Waals surface area contributed by atoms with Crippen molar-refractivity contribution in [2.75, 3.05) is 20.3 Å². The van der Waals surface area contributed by atoms with E-state index >= 15 is 0 Å². The predicted molar refractivity (Wildman–Crippen MR) is 75.4 cm³/mol. The molecule has 0 amide bonds. The lowest BCUT2D eigenvalue weighted by Crippen LogP contribution is -2.42. The van der Waals surface area contributed by atoms with E-state index in [1.165, 1.54) is 0 Å². The van der Waals surface area contributed by atoms with Gasteiger partial charge in [-0.25, -0.2) is 0 Å². The average molecular weight is 251 g/mol. The minimum absolute atomic E-state index is 0.181. The van der Waals surface area contributed by atoms with E-state index in [4.69, 9.17) is 9.47 Å². The molecule has 1 rings (SSSR count). The van der Waals surface area contributed by atoms with Crippen LogP contribution in [0.5, 0.6) is 11.5 Å². The zero-order valence-electron chi connectivity index (χ0n) is 12.1. The molecular weight excluding hydrogens is 226 g/mol. The van der Waals surface area contributed by atoms with Gasteiger partial charge in [0.05, 0.1) is 6.61 Å². The highest BCUT2D eigenvalue weighted by molar-refractivity contribution is 5.31. The summed E-state index contributed by atoms with van der Waals surface area (Å²) in [5.74, 6) is 1.76. The van der Waals surface area contributed by atoms with Gasteiger partial charge in [-0.2, -0.15) is 0 Å². The molecular formula is C15H25NO2. The number of ether oxygens (including phenoxy) is 2. The van der Waals surface area contributed by atoms with Gasteiger partial charge in [0.15, 0.2) is 0 Å². The summed E-state index contributed by atoms with van der Waals surface area (Å²) < 4.78 is 11.2. The van der Waals surface area contributed by atoms with Crippen molar-refractivity contribution >= 4 is 0 Å². The van der Waals surface area contributed by atoms with Gasteiger partial charge in [0.1, 0.15) is 18.1 Å². The van der Waals surface area contributed by atoms with Crippen molar-refractivity contribution in [2.45, 2.75) is 33.7 Å². The predicted octanol–water partition coefficient (Wildman–Crippen LogP) is 3.10. The van der Waals surface area contributed by atoms with Crippen molar-refractivity contribution in [3.63, 3.8) is 0 Å². The molecule has 1 aromatic carbocycles. The lowest BCUT2D eigenvalue weighted by molar-refractivity contribution is 0.181. The Morgan fingerprint density at radius 3 is 1.94 bits per heavy atom. The monoisotopic (exact) mass is 251 g/mol. The molecule has 18 heavy (non-hydrogen) atoms. The number of hydrogen-bond donors (Lipinski definition) is 1. The molecule has 0 saturated carbocycles. The third-order valence-corrected chi connectivity index (χ3v) is 2.95. The number of hydrogen-bond acceptors (Lipinski definition) is 3. The normalized spacial score (nSPS) is 13.2. The van der Waals surface area contributed by atoms with Crippen molar-refractivity contribution in [3.05, 3.63) is 24.3 Å². The van der Waals surface area contributed by atoms with E-state index in [1.807, 2.05) is 38.2 Å². The molecule has 0 fully saturated rings. The summed E-state index contributed by atoms with van der Waals surface area (Å²) in [6, 6.07) is 8.08. The van der Waals surface area contributed by atoms with Gasteiger partial charge in [-0.3, -0.25) is 0 Å². The van der Waals surface area contributed by atoms with Crippen LogP contribution in [0.25, 0.3) is 0 Å². The quantitative estimate of drug-likeness (QED) is 0.842. The van der Waals surface area contributed by atoms with Crippen LogP contribution in [0, 0.1) is 5.41 Å². The Kier molecular flexibility index (Phi) is 5.48. The van der Waals surface area contributed by atoms with E-state index in [0.717, 1.165) is 11.5 Å². The van der Waals surface area contributed by atoms with E-state index in [2.05, 4.69) is 26.1 Å². The molecule has 0 spiro atoms. The molecule has 0 aliphatic carbocycles. The zero-order chi connectivity index (χ0) is 13.6. The van der Waals surface area contributed by atoms with Crippen molar-refractivity contribution in [2.24, 2.45) is 5.41 Å². The van der Waals surface area contributed by atoms with Gasteiger partial charge < -0.3 is 14.8 Å². The number of rotatable bonds is 6. The molecule has 1 atom stereocenters. The SMILES string of the molecule is CCOc1ccc(OCC(NC)C(C)(C)C)cc1. The molecule has 3 nitrogen and oxygen atoms in total. The lowest BCUT2D eigenvalue weighted by atomic mass is 9.87. The Labute approximate surface area is 110 Å². The Bertz CT molecular complexity index is 341. The van der Waals surface area contributed by atoms with Gasteiger partial charge in [-0.15, -0.1) is 0 Å². The molecule has 102 valence electrons. The van der Waals surface area contributed by atoms with Crippen LogP contribution in [0.3, 0.4) is 0 Å². The van der Waals surface area contributed by atoms with Gasteiger partial charge in [-0.05, 0) is 43.7 Å². The van der Waals surface area contributed by atoms with Crippen LogP contribution in [0.4, 0.5) is 0 Å². The summed E-state index contributed by atoms with van der Waals surface area (Å²) in [5.41, 5.74) is 0.181. The Hall–Kier alpha value is -1.22. The number of likely N-dealkylation sites (N-methyl/N-ethyl adjacent to an activating group) is 1. The highest BCUT2D eigenvalue weighted by atomic mass is 16.5. The molecule has 0 saturated heterocycles. The zero-order valence-corrected chi connectivity index (χ0v) is 12.1. The van der Waals surface area contributed by atoms with Crippen molar-refractivity contribution in [3.8, 4) is 11.5 Å².